The molecule has 8 heteroatoms. The number of hydrogen-bond donors (Lipinski definition) is 1. The van der Waals surface area contributed by atoms with Crippen LogP contribution in [0.3, 0.4) is 0 Å². The Morgan fingerprint density at radius 1 is 0.893 bits per heavy atom. The molecule has 3 rings (SSSR count). The van der Waals surface area contributed by atoms with Gasteiger partial charge in [0.1, 0.15) is 0 Å². The van der Waals surface area contributed by atoms with Crippen LogP contribution in [0.1, 0.15) is 16.8 Å². The molecule has 0 aliphatic carbocycles. The van der Waals surface area contributed by atoms with Crippen molar-refractivity contribution in [2.45, 2.75) is 23.9 Å². The van der Waals surface area contributed by atoms with Crippen LogP contribution in [0.15, 0.2) is 77.8 Å². The van der Waals surface area contributed by atoms with Crippen LogP contribution in [0.5, 0.6) is 0 Å². The summed E-state index contributed by atoms with van der Waals surface area (Å²) in [6.45, 7) is 0. The number of alkyl halides is 3. The summed E-state index contributed by atoms with van der Waals surface area (Å²) < 4.78 is 65.8. The summed E-state index contributed by atoms with van der Waals surface area (Å²) in [5.74, 6) is 0. The molecule has 0 spiro atoms. The lowest BCUT2D eigenvalue weighted by Crippen LogP contribution is -2.14. The highest BCUT2D eigenvalue weighted by atomic mass is 32.2. The fourth-order valence-corrected chi connectivity index (χ4v) is 3.76. The summed E-state index contributed by atoms with van der Waals surface area (Å²) in [7, 11) is -4.14. The van der Waals surface area contributed by atoms with Gasteiger partial charge in [0.15, 0.2) is 0 Å². The largest absolute Gasteiger partial charge is 0.416 e. The van der Waals surface area contributed by atoms with Crippen LogP contribution < -0.4 is 4.72 Å². The maximum absolute atomic E-state index is 12.8. The van der Waals surface area contributed by atoms with E-state index in [0.29, 0.717) is 18.9 Å². The van der Waals surface area contributed by atoms with Crippen molar-refractivity contribution in [2.24, 2.45) is 0 Å². The van der Waals surface area contributed by atoms with Gasteiger partial charge in [0, 0.05) is 17.6 Å². The molecule has 28 heavy (non-hydrogen) atoms. The third-order valence-corrected chi connectivity index (χ3v) is 5.43. The predicted molar refractivity (Wildman–Crippen MR) is 100 cm³/mol. The van der Waals surface area contributed by atoms with Gasteiger partial charge in [-0.15, -0.1) is 0 Å². The molecule has 1 aromatic heterocycles. The van der Waals surface area contributed by atoms with Crippen LogP contribution in [0.25, 0.3) is 0 Å². The highest BCUT2D eigenvalue weighted by Crippen LogP contribution is 2.31. The van der Waals surface area contributed by atoms with Gasteiger partial charge in [0.25, 0.3) is 10.0 Å². The molecular weight excluding hydrogens is 389 g/mol. The minimum Gasteiger partial charge on any atom is -0.280 e. The summed E-state index contributed by atoms with van der Waals surface area (Å²) in [4.78, 5) is 3.80. The molecular formula is C20H17F3N2O2S. The number of benzene rings is 2. The zero-order valence-electron chi connectivity index (χ0n) is 14.6. The van der Waals surface area contributed by atoms with Gasteiger partial charge in [-0.2, -0.15) is 13.2 Å². The van der Waals surface area contributed by atoms with Gasteiger partial charge in [-0.1, -0.05) is 24.3 Å². The zero-order valence-corrected chi connectivity index (χ0v) is 15.5. The van der Waals surface area contributed by atoms with Crippen LogP contribution in [0.2, 0.25) is 0 Å². The highest BCUT2D eigenvalue weighted by molar-refractivity contribution is 7.92. The molecule has 0 radical (unpaired) electrons. The number of pyridine rings is 1. The first-order valence-corrected chi connectivity index (χ1v) is 9.91. The number of halogens is 3. The van der Waals surface area contributed by atoms with Crippen LogP contribution in [-0.2, 0) is 29.0 Å². The number of aromatic nitrogens is 1. The van der Waals surface area contributed by atoms with E-state index in [4.69, 9.17) is 0 Å². The molecule has 0 saturated carbocycles. The van der Waals surface area contributed by atoms with Crippen LogP contribution in [0.4, 0.5) is 18.9 Å². The van der Waals surface area contributed by atoms with Crippen molar-refractivity contribution in [3.05, 3.63) is 89.7 Å². The number of nitrogens with one attached hydrogen (secondary N) is 1. The van der Waals surface area contributed by atoms with Gasteiger partial charge >= 0.3 is 6.18 Å². The fraction of sp³-hybridized carbons (Fsp3) is 0.150. The summed E-state index contributed by atoms with van der Waals surface area (Å²) in [5, 5.41) is 0. The van der Waals surface area contributed by atoms with Crippen molar-refractivity contribution in [1.82, 2.24) is 4.98 Å². The molecule has 3 aromatic rings. The molecule has 2 aromatic carbocycles. The van der Waals surface area contributed by atoms with Gasteiger partial charge in [0.2, 0.25) is 0 Å². The average Bonchev–Trinajstić information content (AvgIpc) is 2.67. The van der Waals surface area contributed by atoms with Crippen LogP contribution in [-0.4, -0.2) is 13.4 Å². The SMILES string of the molecule is O=S(=O)(Nc1cccc(CCc2ccccn2)c1)c1cccc(C(F)(F)F)c1. The molecule has 0 amide bonds. The van der Waals surface area contributed by atoms with E-state index in [0.717, 1.165) is 29.5 Å². The molecule has 0 aliphatic heterocycles. The number of aryl methyl sites for hydroxylation is 2. The Morgan fingerprint density at radius 2 is 1.68 bits per heavy atom. The summed E-state index contributed by atoms with van der Waals surface area (Å²) in [6, 6.07) is 16.0. The molecule has 4 nitrogen and oxygen atoms in total. The van der Waals surface area contributed by atoms with Crippen LogP contribution in [0, 0.1) is 0 Å². The lowest BCUT2D eigenvalue weighted by Gasteiger charge is -2.12. The molecule has 0 atom stereocenters. The lowest BCUT2D eigenvalue weighted by molar-refractivity contribution is -0.137. The summed E-state index contributed by atoms with van der Waals surface area (Å²) >= 11 is 0. The summed E-state index contributed by atoms with van der Waals surface area (Å²) in [5.41, 5.74) is 1.07. The quantitative estimate of drug-likeness (QED) is 0.646. The lowest BCUT2D eigenvalue weighted by atomic mass is 10.1. The second-order valence-electron chi connectivity index (χ2n) is 6.15. The molecule has 1 heterocycles. The van der Waals surface area contributed by atoms with Gasteiger partial charge in [-0.05, 0) is 60.9 Å². The summed E-state index contributed by atoms with van der Waals surface area (Å²) in [6.07, 6.45) is -1.58. The van der Waals surface area contributed by atoms with E-state index in [1.54, 1.807) is 24.4 Å². The molecule has 0 unspecified atom stereocenters. The van der Waals surface area contributed by atoms with Crippen molar-refractivity contribution in [3.8, 4) is 0 Å². The van der Waals surface area contributed by atoms with Crippen molar-refractivity contribution in [3.63, 3.8) is 0 Å². The number of nitrogens with zero attached hydrogens (tertiary/aromatic N) is 1. The van der Waals surface area contributed by atoms with E-state index in [9.17, 15) is 21.6 Å². The van der Waals surface area contributed by atoms with Gasteiger partial charge in [-0.3, -0.25) is 9.71 Å². The highest BCUT2D eigenvalue weighted by Gasteiger charge is 2.31. The number of sulfonamides is 1. The maximum Gasteiger partial charge on any atom is 0.416 e. The Hall–Kier alpha value is -2.87. The van der Waals surface area contributed by atoms with Crippen molar-refractivity contribution >= 4 is 15.7 Å². The van der Waals surface area contributed by atoms with Crippen molar-refractivity contribution in [2.75, 3.05) is 4.72 Å². The van der Waals surface area contributed by atoms with E-state index in [-0.39, 0.29) is 5.69 Å². The topological polar surface area (TPSA) is 59.1 Å². The van der Waals surface area contributed by atoms with E-state index in [1.807, 2.05) is 24.3 Å². The minimum atomic E-state index is -4.61. The third-order valence-electron chi connectivity index (χ3n) is 4.05. The van der Waals surface area contributed by atoms with E-state index in [1.165, 1.54) is 0 Å². The number of rotatable bonds is 6. The van der Waals surface area contributed by atoms with Gasteiger partial charge in [-0.25, -0.2) is 8.42 Å². The van der Waals surface area contributed by atoms with Gasteiger partial charge < -0.3 is 0 Å². The first kappa shape index (κ1) is 19.9. The molecule has 0 aliphatic rings. The van der Waals surface area contributed by atoms with E-state index in [2.05, 4.69) is 9.71 Å². The zero-order chi connectivity index (χ0) is 20.2. The Labute approximate surface area is 161 Å². The Morgan fingerprint density at radius 3 is 2.39 bits per heavy atom. The molecule has 146 valence electrons. The minimum absolute atomic E-state index is 0.288. The van der Waals surface area contributed by atoms with Crippen LogP contribution >= 0.6 is 0 Å². The van der Waals surface area contributed by atoms with Crippen molar-refractivity contribution < 1.29 is 21.6 Å². The first-order chi connectivity index (χ1) is 13.2. The molecule has 1 N–H and O–H groups in total. The normalized spacial score (nSPS) is 12.0. The van der Waals surface area contributed by atoms with E-state index < -0.39 is 26.7 Å². The van der Waals surface area contributed by atoms with E-state index >= 15 is 0 Å². The Kier molecular flexibility index (Phi) is 5.69. The smallest absolute Gasteiger partial charge is 0.280 e. The first-order valence-electron chi connectivity index (χ1n) is 8.43. The van der Waals surface area contributed by atoms with Gasteiger partial charge in [0.05, 0.1) is 10.5 Å². The third kappa shape index (κ3) is 5.10. The monoisotopic (exact) mass is 406 g/mol. The average molecular weight is 406 g/mol. The molecule has 0 fully saturated rings. The molecule has 0 bridgehead atoms. The second-order valence-corrected chi connectivity index (χ2v) is 7.83. The molecule has 0 saturated heterocycles. The Bertz CT molecular complexity index is 1050. The second kappa shape index (κ2) is 8.02. The van der Waals surface area contributed by atoms with Crippen molar-refractivity contribution in [1.29, 1.82) is 0 Å². The Balaban J connectivity index is 1.76. The number of anilines is 1. The fourth-order valence-electron chi connectivity index (χ4n) is 2.66. The number of hydrogen-bond acceptors (Lipinski definition) is 3. The maximum atomic E-state index is 12.8. The standard InChI is InChI=1S/C20H17F3N2O2S/c21-20(22,23)16-6-4-9-19(14-16)28(26,27)25-18-8-3-5-15(13-18)10-11-17-7-1-2-12-24-17/h1-9,12-14,25H,10-11H2. The predicted octanol–water partition coefficient (Wildman–Crippen LogP) is 4.69.